The molecule has 0 unspecified atom stereocenters. The molecule has 80 valence electrons. The molecule has 0 spiro atoms. The number of aliphatic carboxylic acids is 1. The van der Waals surface area contributed by atoms with Gasteiger partial charge in [-0.25, -0.2) is 4.79 Å². The number of carbonyl (C=O) groups is 1. The first-order valence-corrected chi connectivity index (χ1v) is 4.77. The number of hydrogen-bond acceptors (Lipinski definition) is 2. The molecular weight excluding hydrogens is 190 g/mol. The summed E-state index contributed by atoms with van der Waals surface area (Å²) in [5, 5.41) is 11.6. The molecule has 1 rings (SSSR count). The van der Waals surface area contributed by atoms with Crippen molar-refractivity contribution in [1.82, 2.24) is 5.32 Å². The first-order valence-electron chi connectivity index (χ1n) is 4.77. The van der Waals surface area contributed by atoms with Crippen LogP contribution >= 0.6 is 0 Å². The summed E-state index contributed by atoms with van der Waals surface area (Å²) >= 11 is 0. The van der Waals surface area contributed by atoms with Crippen molar-refractivity contribution in [3.05, 3.63) is 47.5 Å². The first kappa shape index (κ1) is 11.5. The average Bonchev–Trinajstić information content (AvgIpc) is 2.17. The van der Waals surface area contributed by atoms with E-state index in [2.05, 4.69) is 18.0 Å². The van der Waals surface area contributed by atoms with Gasteiger partial charge in [-0.3, -0.25) is 0 Å². The molecule has 0 heterocycles. The summed E-state index contributed by atoms with van der Waals surface area (Å²) in [5.41, 5.74) is 2.53. The maximum atomic E-state index is 10.5. The van der Waals surface area contributed by atoms with E-state index in [9.17, 15) is 4.79 Å². The molecule has 3 nitrogen and oxygen atoms in total. The maximum Gasteiger partial charge on any atom is 0.332 e. The van der Waals surface area contributed by atoms with Crippen LogP contribution in [-0.2, 0) is 11.3 Å². The average molecular weight is 205 g/mol. The minimum atomic E-state index is -0.952. The number of carboxylic acid groups (broad SMARTS) is 1. The topological polar surface area (TPSA) is 49.3 Å². The Morgan fingerprint density at radius 1 is 1.53 bits per heavy atom. The third-order valence-electron chi connectivity index (χ3n) is 2.05. The van der Waals surface area contributed by atoms with E-state index in [1.165, 1.54) is 5.56 Å². The fraction of sp³-hybridized carbons (Fsp3) is 0.250. The second-order valence-corrected chi connectivity index (χ2v) is 3.50. The summed E-state index contributed by atoms with van der Waals surface area (Å²) in [6.07, 6.45) is 0. The van der Waals surface area contributed by atoms with Crippen LogP contribution in [0.25, 0.3) is 0 Å². The minimum absolute atomic E-state index is 0.183. The number of nitrogens with one attached hydrogen (secondary N) is 1. The van der Waals surface area contributed by atoms with Gasteiger partial charge in [-0.05, 0) is 12.5 Å². The second kappa shape index (κ2) is 5.32. The zero-order valence-corrected chi connectivity index (χ0v) is 8.79. The third-order valence-corrected chi connectivity index (χ3v) is 2.05. The number of rotatable bonds is 5. The van der Waals surface area contributed by atoms with Gasteiger partial charge < -0.3 is 10.4 Å². The third kappa shape index (κ3) is 3.95. The second-order valence-electron chi connectivity index (χ2n) is 3.50. The lowest BCUT2D eigenvalue weighted by molar-refractivity contribution is -0.132. The molecule has 15 heavy (non-hydrogen) atoms. The molecule has 1 aromatic rings. The molecule has 0 amide bonds. The summed E-state index contributed by atoms with van der Waals surface area (Å²) in [6, 6.07) is 8.08. The smallest absolute Gasteiger partial charge is 0.332 e. The van der Waals surface area contributed by atoms with Crippen LogP contribution < -0.4 is 5.32 Å². The van der Waals surface area contributed by atoms with Crippen molar-refractivity contribution in [3.8, 4) is 0 Å². The molecular formula is C12H15NO2. The van der Waals surface area contributed by atoms with E-state index < -0.39 is 5.97 Å². The van der Waals surface area contributed by atoms with Crippen molar-refractivity contribution in [2.45, 2.75) is 13.5 Å². The van der Waals surface area contributed by atoms with E-state index in [4.69, 9.17) is 5.11 Å². The van der Waals surface area contributed by atoms with E-state index in [1.807, 2.05) is 25.1 Å². The van der Waals surface area contributed by atoms with Gasteiger partial charge in [0.2, 0.25) is 0 Å². The Bertz CT molecular complexity index is 372. The molecule has 0 atom stereocenters. The van der Waals surface area contributed by atoms with Crippen LogP contribution in [0.15, 0.2) is 36.4 Å². The van der Waals surface area contributed by atoms with Crippen molar-refractivity contribution in [2.24, 2.45) is 0 Å². The number of benzene rings is 1. The fourth-order valence-electron chi connectivity index (χ4n) is 1.26. The summed E-state index contributed by atoms with van der Waals surface area (Å²) in [4.78, 5) is 10.5. The van der Waals surface area contributed by atoms with Crippen molar-refractivity contribution >= 4 is 5.97 Å². The SMILES string of the molecule is C=C(CNCc1cccc(C)c1)C(=O)O. The lowest BCUT2D eigenvalue weighted by Gasteiger charge is -2.05. The van der Waals surface area contributed by atoms with Crippen LogP contribution in [0.3, 0.4) is 0 Å². The molecule has 0 fully saturated rings. The molecule has 3 heteroatoms. The summed E-state index contributed by atoms with van der Waals surface area (Å²) in [7, 11) is 0. The molecule has 0 saturated heterocycles. The standard InChI is InChI=1S/C12H15NO2/c1-9-4-3-5-11(6-9)8-13-7-10(2)12(14)15/h3-6,13H,2,7-8H2,1H3,(H,14,15). The maximum absolute atomic E-state index is 10.5. The van der Waals surface area contributed by atoms with Gasteiger partial charge in [0.1, 0.15) is 0 Å². The lowest BCUT2D eigenvalue weighted by Crippen LogP contribution is -2.19. The number of hydrogen-bond donors (Lipinski definition) is 2. The number of aryl methyl sites for hydroxylation is 1. The molecule has 2 N–H and O–H groups in total. The molecule has 0 aromatic heterocycles. The molecule has 0 bridgehead atoms. The molecule has 0 radical (unpaired) electrons. The molecule has 0 aliphatic carbocycles. The highest BCUT2D eigenvalue weighted by Gasteiger charge is 2.02. The van der Waals surface area contributed by atoms with E-state index in [0.717, 1.165) is 5.56 Å². The number of carboxylic acids is 1. The van der Waals surface area contributed by atoms with Gasteiger partial charge in [0.25, 0.3) is 0 Å². The Morgan fingerprint density at radius 3 is 2.87 bits per heavy atom. The van der Waals surface area contributed by atoms with Crippen LogP contribution in [0.2, 0.25) is 0 Å². The molecule has 1 aromatic carbocycles. The van der Waals surface area contributed by atoms with Gasteiger partial charge in [-0.2, -0.15) is 0 Å². The van der Waals surface area contributed by atoms with Gasteiger partial charge in [0.05, 0.1) is 0 Å². The van der Waals surface area contributed by atoms with Crippen molar-refractivity contribution < 1.29 is 9.90 Å². The normalized spacial score (nSPS) is 9.93. The minimum Gasteiger partial charge on any atom is -0.478 e. The predicted octanol–water partition coefficient (Wildman–Crippen LogP) is 1.73. The Kier molecular flexibility index (Phi) is 4.06. The van der Waals surface area contributed by atoms with Crippen LogP contribution in [0.4, 0.5) is 0 Å². The van der Waals surface area contributed by atoms with E-state index in [-0.39, 0.29) is 5.57 Å². The predicted molar refractivity (Wildman–Crippen MR) is 59.7 cm³/mol. The highest BCUT2D eigenvalue weighted by molar-refractivity contribution is 5.86. The largest absolute Gasteiger partial charge is 0.478 e. The van der Waals surface area contributed by atoms with Crippen LogP contribution in [0, 0.1) is 6.92 Å². The highest BCUT2D eigenvalue weighted by atomic mass is 16.4. The van der Waals surface area contributed by atoms with Crippen LogP contribution in [0.5, 0.6) is 0 Å². The zero-order valence-electron chi connectivity index (χ0n) is 8.79. The van der Waals surface area contributed by atoms with Crippen LogP contribution in [-0.4, -0.2) is 17.6 Å². The van der Waals surface area contributed by atoms with E-state index >= 15 is 0 Å². The Labute approximate surface area is 89.4 Å². The van der Waals surface area contributed by atoms with E-state index in [1.54, 1.807) is 0 Å². The van der Waals surface area contributed by atoms with Crippen molar-refractivity contribution in [1.29, 1.82) is 0 Å². The fourth-order valence-corrected chi connectivity index (χ4v) is 1.26. The van der Waals surface area contributed by atoms with Gasteiger partial charge in [0.15, 0.2) is 0 Å². The molecule has 0 aliphatic heterocycles. The molecule has 0 saturated carbocycles. The van der Waals surface area contributed by atoms with E-state index in [0.29, 0.717) is 13.1 Å². The van der Waals surface area contributed by atoms with Gasteiger partial charge in [-0.15, -0.1) is 0 Å². The van der Waals surface area contributed by atoms with Crippen LogP contribution in [0.1, 0.15) is 11.1 Å². The quantitative estimate of drug-likeness (QED) is 0.720. The zero-order chi connectivity index (χ0) is 11.3. The summed E-state index contributed by atoms with van der Waals surface area (Å²) in [6.45, 7) is 6.44. The molecule has 0 aliphatic rings. The van der Waals surface area contributed by atoms with Gasteiger partial charge in [0, 0.05) is 18.7 Å². The highest BCUT2D eigenvalue weighted by Crippen LogP contribution is 2.03. The van der Waals surface area contributed by atoms with Gasteiger partial charge >= 0.3 is 5.97 Å². The van der Waals surface area contributed by atoms with Gasteiger partial charge in [-0.1, -0.05) is 36.4 Å². The Hall–Kier alpha value is -1.61. The Balaban J connectivity index is 2.38. The van der Waals surface area contributed by atoms with Crippen molar-refractivity contribution in [3.63, 3.8) is 0 Å². The monoisotopic (exact) mass is 205 g/mol. The lowest BCUT2D eigenvalue weighted by atomic mass is 10.1. The summed E-state index contributed by atoms with van der Waals surface area (Å²) < 4.78 is 0. The van der Waals surface area contributed by atoms with Crippen molar-refractivity contribution in [2.75, 3.05) is 6.54 Å². The first-order chi connectivity index (χ1) is 7.09. The summed E-state index contributed by atoms with van der Waals surface area (Å²) in [5.74, 6) is -0.952. The Morgan fingerprint density at radius 2 is 2.27 bits per heavy atom.